The van der Waals surface area contributed by atoms with E-state index in [9.17, 15) is 16.8 Å². The molecule has 1 heterocycles. The zero-order valence-corrected chi connectivity index (χ0v) is 12.5. The van der Waals surface area contributed by atoms with Gasteiger partial charge in [0.2, 0.25) is 10.0 Å². The lowest BCUT2D eigenvalue weighted by Crippen LogP contribution is -2.57. The van der Waals surface area contributed by atoms with Crippen LogP contribution < -0.4 is 0 Å². The Morgan fingerprint density at radius 1 is 1.25 bits per heavy atom. The van der Waals surface area contributed by atoms with Gasteiger partial charge in [0.25, 0.3) is 0 Å². The number of hydrogen-bond donors (Lipinski definition) is 0. The normalized spacial score (nSPS) is 17.4. The standard InChI is InChI=1S/C12H14N2O4S2/c1-2-19(15,16)11-8-14(9-11)20(17,18)12-6-4-3-5-10(12)7-13/h3-6,11H,2,8-9H2,1H3. The molecule has 1 aromatic rings. The first-order valence-corrected chi connectivity index (χ1v) is 9.19. The number of sulfone groups is 1. The van der Waals surface area contributed by atoms with Crippen LogP contribution in [0.5, 0.6) is 0 Å². The lowest BCUT2D eigenvalue weighted by molar-refractivity contribution is 0.310. The molecular formula is C12H14N2O4S2. The molecule has 0 unspecified atom stereocenters. The molecule has 1 saturated heterocycles. The highest BCUT2D eigenvalue weighted by Gasteiger charge is 2.43. The van der Waals surface area contributed by atoms with Crippen LogP contribution in [0.3, 0.4) is 0 Å². The third-order valence-corrected chi connectivity index (χ3v) is 7.36. The zero-order valence-electron chi connectivity index (χ0n) is 10.9. The minimum atomic E-state index is -3.80. The van der Waals surface area contributed by atoms with Crippen molar-refractivity contribution in [2.24, 2.45) is 0 Å². The Morgan fingerprint density at radius 2 is 1.85 bits per heavy atom. The fourth-order valence-corrected chi connectivity index (χ4v) is 5.13. The monoisotopic (exact) mass is 314 g/mol. The van der Waals surface area contributed by atoms with E-state index in [1.807, 2.05) is 6.07 Å². The molecule has 0 aromatic heterocycles. The second-order valence-corrected chi connectivity index (χ2v) is 8.98. The Labute approximate surface area is 118 Å². The lowest BCUT2D eigenvalue weighted by atomic mass is 10.2. The van der Waals surface area contributed by atoms with Gasteiger partial charge in [-0.1, -0.05) is 19.1 Å². The molecule has 1 aliphatic heterocycles. The van der Waals surface area contributed by atoms with E-state index in [1.54, 1.807) is 6.07 Å². The van der Waals surface area contributed by atoms with Crippen molar-refractivity contribution in [3.63, 3.8) is 0 Å². The van der Waals surface area contributed by atoms with Crippen molar-refractivity contribution in [1.82, 2.24) is 4.31 Å². The summed E-state index contributed by atoms with van der Waals surface area (Å²) >= 11 is 0. The molecule has 108 valence electrons. The van der Waals surface area contributed by atoms with Crippen molar-refractivity contribution >= 4 is 19.9 Å². The Balaban J connectivity index is 2.26. The number of nitriles is 1. The van der Waals surface area contributed by atoms with E-state index in [2.05, 4.69) is 0 Å². The van der Waals surface area contributed by atoms with Crippen LogP contribution in [-0.4, -0.2) is 45.2 Å². The van der Waals surface area contributed by atoms with Crippen molar-refractivity contribution in [3.05, 3.63) is 29.8 Å². The van der Waals surface area contributed by atoms with E-state index < -0.39 is 25.1 Å². The highest BCUT2D eigenvalue weighted by molar-refractivity contribution is 7.92. The molecular weight excluding hydrogens is 300 g/mol. The van der Waals surface area contributed by atoms with Gasteiger partial charge in [0.05, 0.1) is 15.7 Å². The summed E-state index contributed by atoms with van der Waals surface area (Å²) in [5.41, 5.74) is 0.0642. The van der Waals surface area contributed by atoms with Gasteiger partial charge >= 0.3 is 0 Å². The second kappa shape index (κ2) is 5.16. The van der Waals surface area contributed by atoms with Crippen LogP contribution in [0.2, 0.25) is 0 Å². The van der Waals surface area contributed by atoms with Gasteiger partial charge < -0.3 is 0 Å². The van der Waals surface area contributed by atoms with Crippen LogP contribution in [0.15, 0.2) is 29.2 Å². The summed E-state index contributed by atoms with van der Waals surface area (Å²) < 4.78 is 49.0. The summed E-state index contributed by atoms with van der Waals surface area (Å²) in [5, 5.41) is 8.30. The van der Waals surface area contributed by atoms with Crippen LogP contribution in [0, 0.1) is 11.3 Å². The molecule has 0 saturated carbocycles. The molecule has 1 fully saturated rings. The SMILES string of the molecule is CCS(=O)(=O)C1CN(S(=O)(=O)c2ccccc2C#N)C1. The first-order chi connectivity index (χ1) is 9.32. The smallest absolute Gasteiger partial charge is 0.228 e. The molecule has 6 nitrogen and oxygen atoms in total. The summed E-state index contributed by atoms with van der Waals surface area (Å²) in [6.45, 7) is 1.45. The molecule has 0 N–H and O–H groups in total. The molecule has 8 heteroatoms. The van der Waals surface area contributed by atoms with Gasteiger partial charge in [-0.3, -0.25) is 0 Å². The van der Waals surface area contributed by atoms with Gasteiger partial charge in [0, 0.05) is 18.8 Å². The van der Waals surface area contributed by atoms with E-state index in [4.69, 9.17) is 5.26 Å². The van der Waals surface area contributed by atoms with E-state index in [0.29, 0.717) is 0 Å². The predicted octanol–water partition coefficient (Wildman–Crippen LogP) is 0.366. The Bertz CT molecular complexity index is 757. The summed E-state index contributed by atoms with van der Waals surface area (Å²) in [7, 11) is -7.02. The summed E-state index contributed by atoms with van der Waals surface area (Å²) in [6, 6.07) is 7.73. The number of sulfonamides is 1. The van der Waals surface area contributed by atoms with Gasteiger partial charge in [0.15, 0.2) is 9.84 Å². The molecule has 1 aromatic carbocycles. The molecule has 20 heavy (non-hydrogen) atoms. The largest absolute Gasteiger partial charge is 0.244 e. The van der Waals surface area contributed by atoms with Crippen LogP contribution >= 0.6 is 0 Å². The predicted molar refractivity (Wildman–Crippen MR) is 73.2 cm³/mol. The highest BCUT2D eigenvalue weighted by Crippen LogP contribution is 2.27. The molecule has 1 aliphatic rings. The summed E-state index contributed by atoms with van der Waals surface area (Å²) in [5.74, 6) is 0.000334. The van der Waals surface area contributed by atoms with Crippen molar-refractivity contribution in [2.45, 2.75) is 17.1 Å². The quantitative estimate of drug-likeness (QED) is 0.800. The number of rotatable bonds is 4. The lowest BCUT2D eigenvalue weighted by Gasteiger charge is -2.37. The maximum Gasteiger partial charge on any atom is 0.244 e. The van der Waals surface area contributed by atoms with Crippen molar-refractivity contribution in [1.29, 1.82) is 5.26 Å². The van der Waals surface area contributed by atoms with Crippen molar-refractivity contribution in [2.75, 3.05) is 18.8 Å². The third-order valence-electron chi connectivity index (χ3n) is 3.35. The maximum absolute atomic E-state index is 12.3. The molecule has 0 spiro atoms. The van der Waals surface area contributed by atoms with E-state index in [-0.39, 0.29) is 29.3 Å². The van der Waals surface area contributed by atoms with Crippen LogP contribution in [0.1, 0.15) is 12.5 Å². The minimum Gasteiger partial charge on any atom is -0.228 e. The summed E-state index contributed by atoms with van der Waals surface area (Å²) in [4.78, 5) is -0.0742. The minimum absolute atomic E-state index is 0.000334. The number of nitrogens with zero attached hydrogens (tertiary/aromatic N) is 2. The summed E-state index contributed by atoms with van der Waals surface area (Å²) in [6.07, 6.45) is 0. The number of hydrogen-bond acceptors (Lipinski definition) is 5. The van der Waals surface area contributed by atoms with Crippen molar-refractivity contribution in [3.8, 4) is 6.07 Å². The van der Waals surface area contributed by atoms with Gasteiger partial charge in [0.1, 0.15) is 6.07 Å². The van der Waals surface area contributed by atoms with Crippen molar-refractivity contribution < 1.29 is 16.8 Å². The van der Waals surface area contributed by atoms with E-state index in [1.165, 1.54) is 25.1 Å². The van der Waals surface area contributed by atoms with Gasteiger partial charge in [-0.15, -0.1) is 0 Å². The zero-order chi connectivity index (χ0) is 15.0. The molecule has 0 aliphatic carbocycles. The Hall–Kier alpha value is -1.43. The topological polar surface area (TPSA) is 95.3 Å². The molecule has 0 bridgehead atoms. The average Bonchev–Trinajstić information content (AvgIpc) is 2.36. The second-order valence-electron chi connectivity index (χ2n) is 4.50. The van der Waals surface area contributed by atoms with Crippen LogP contribution in [0.25, 0.3) is 0 Å². The number of benzene rings is 1. The Morgan fingerprint density at radius 3 is 2.40 bits per heavy atom. The average molecular weight is 314 g/mol. The maximum atomic E-state index is 12.3. The van der Waals surface area contributed by atoms with Crippen LogP contribution in [-0.2, 0) is 19.9 Å². The van der Waals surface area contributed by atoms with Gasteiger partial charge in [-0.2, -0.15) is 9.57 Å². The van der Waals surface area contributed by atoms with E-state index >= 15 is 0 Å². The van der Waals surface area contributed by atoms with Gasteiger partial charge in [-0.05, 0) is 12.1 Å². The first-order valence-electron chi connectivity index (χ1n) is 6.03. The third kappa shape index (κ3) is 2.44. The molecule has 2 rings (SSSR count). The fraction of sp³-hybridized carbons (Fsp3) is 0.417. The molecule has 0 atom stereocenters. The van der Waals surface area contributed by atoms with Gasteiger partial charge in [-0.25, -0.2) is 16.8 Å². The highest BCUT2D eigenvalue weighted by atomic mass is 32.2. The fourth-order valence-electron chi connectivity index (χ4n) is 1.98. The first kappa shape index (κ1) is 15.0. The molecule has 0 radical (unpaired) electrons. The Kier molecular flexibility index (Phi) is 3.86. The van der Waals surface area contributed by atoms with Crippen LogP contribution in [0.4, 0.5) is 0 Å². The molecule has 0 amide bonds. The van der Waals surface area contributed by atoms with E-state index in [0.717, 1.165) is 4.31 Å².